The molecule has 7 heteroatoms. The third-order valence-electron chi connectivity index (χ3n) is 3.98. The molecule has 0 saturated carbocycles. The normalized spacial score (nSPS) is 13.5. The summed E-state index contributed by atoms with van der Waals surface area (Å²) in [7, 11) is 0. The predicted molar refractivity (Wildman–Crippen MR) is 98.6 cm³/mol. The van der Waals surface area contributed by atoms with Crippen LogP contribution in [0.4, 0.5) is 10.7 Å². The van der Waals surface area contributed by atoms with Crippen LogP contribution in [0.25, 0.3) is 0 Å². The first-order chi connectivity index (χ1) is 12.0. The Labute approximate surface area is 152 Å². The minimum Gasteiger partial charge on any atom is -0.352 e. The van der Waals surface area contributed by atoms with Gasteiger partial charge in [0.2, 0.25) is 5.95 Å². The van der Waals surface area contributed by atoms with Gasteiger partial charge >= 0.3 is 6.03 Å². The zero-order valence-corrected chi connectivity index (χ0v) is 15.2. The second kappa shape index (κ2) is 7.70. The summed E-state index contributed by atoms with van der Waals surface area (Å²) in [5, 5.41) is 6.81. The van der Waals surface area contributed by atoms with E-state index in [0.717, 1.165) is 23.2 Å². The summed E-state index contributed by atoms with van der Waals surface area (Å²) in [6.07, 6.45) is 2.62. The van der Waals surface area contributed by atoms with Gasteiger partial charge in [-0.25, -0.2) is 14.8 Å². The predicted octanol–water partition coefficient (Wildman–Crippen LogP) is 3.22. The van der Waals surface area contributed by atoms with E-state index in [4.69, 9.17) is 11.6 Å². The molecule has 0 unspecified atom stereocenters. The van der Waals surface area contributed by atoms with Gasteiger partial charge in [-0.3, -0.25) is 0 Å². The van der Waals surface area contributed by atoms with E-state index in [1.54, 1.807) is 4.90 Å². The van der Waals surface area contributed by atoms with Gasteiger partial charge in [-0.1, -0.05) is 23.7 Å². The first-order valence-electron chi connectivity index (χ1n) is 8.40. The van der Waals surface area contributed by atoms with Crippen molar-refractivity contribution in [2.24, 2.45) is 0 Å². The maximum Gasteiger partial charge on any atom is 0.318 e. The fraction of sp³-hybridized carbons (Fsp3) is 0.389. The molecule has 1 aliphatic heterocycles. The summed E-state index contributed by atoms with van der Waals surface area (Å²) in [5.41, 5.74) is 2.99. The highest BCUT2D eigenvalue weighted by Crippen LogP contribution is 2.18. The van der Waals surface area contributed by atoms with Crippen LogP contribution in [-0.2, 0) is 19.5 Å². The van der Waals surface area contributed by atoms with Crippen LogP contribution in [0.15, 0.2) is 30.5 Å². The standard InChI is InChI=1S/C18H22ClN5O/c1-12(2)22-17-20-10-14-6-7-24(11-16(14)23-17)18(25)21-9-13-4-3-5-15(19)8-13/h3-5,8,10,12H,6-7,9,11H2,1-2H3,(H,21,25)(H,20,22,23). The molecule has 0 atom stereocenters. The monoisotopic (exact) mass is 359 g/mol. The Kier molecular flexibility index (Phi) is 5.38. The maximum absolute atomic E-state index is 12.5. The zero-order chi connectivity index (χ0) is 17.8. The molecule has 6 nitrogen and oxygen atoms in total. The van der Waals surface area contributed by atoms with E-state index in [1.807, 2.05) is 44.3 Å². The van der Waals surface area contributed by atoms with Gasteiger partial charge in [0.05, 0.1) is 12.2 Å². The van der Waals surface area contributed by atoms with Gasteiger partial charge in [-0.05, 0) is 43.5 Å². The van der Waals surface area contributed by atoms with Crippen molar-refractivity contribution in [3.8, 4) is 0 Å². The van der Waals surface area contributed by atoms with Gasteiger partial charge in [0.25, 0.3) is 0 Å². The SMILES string of the molecule is CC(C)Nc1ncc2c(n1)CN(C(=O)NCc1cccc(Cl)c1)CC2. The number of carbonyl (C=O) groups is 1. The molecule has 0 radical (unpaired) electrons. The highest BCUT2D eigenvalue weighted by molar-refractivity contribution is 6.30. The number of hydrogen-bond acceptors (Lipinski definition) is 4. The van der Waals surface area contributed by atoms with Crippen LogP contribution >= 0.6 is 11.6 Å². The second-order valence-electron chi connectivity index (χ2n) is 6.42. The number of nitrogens with zero attached hydrogens (tertiary/aromatic N) is 3. The number of urea groups is 1. The van der Waals surface area contributed by atoms with E-state index in [0.29, 0.717) is 30.6 Å². The van der Waals surface area contributed by atoms with Crippen molar-refractivity contribution < 1.29 is 4.79 Å². The number of benzene rings is 1. The van der Waals surface area contributed by atoms with Crippen LogP contribution in [0.1, 0.15) is 30.7 Å². The summed E-state index contributed by atoms with van der Waals surface area (Å²) in [5.74, 6) is 0.606. The number of nitrogens with one attached hydrogen (secondary N) is 2. The van der Waals surface area contributed by atoms with E-state index in [1.165, 1.54) is 0 Å². The van der Waals surface area contributed by atoms with Crippen molar-refractivity contribution in [2.75, 3.05) is 11.9 Å². The van der Waals surface area contributed by atoms with Gasteiger partial charge < -0.3 is 15.5 Å². The number of fused-ring (bicyclic) bond motifs is 1. The molecule has 0 aliphatic carbocycles. The third-order valence-corrected chi connectivity index (χ3v) is 4.22. The number of carbonyl (C=O) groups excluding carboxylic acids is 1. The Morgan fingerprint density at radius 1 is 1.40 bits per heavy atom. The number of hydrogen-bond donors (Lipinski definition) is 2. The highest BCUT2D eigenvalue weighted by Gasteiger charge is 2.22. The van der Waals surface area contributed by atoms with Crippen molar-refractivity contribution >= 4 is 23.6 Å². The molecule has 0 spiro atoms. The van der Waals surface area contributed by atoms with Crippen LogP contribution in [0.2, 0.25) is 5.02 Å². The van der Waals surface area contributed by atoms with Gasteiger partial charge in [0.1, 0.15) is 0 Å². The van der Waals surface area contributed by atoms with E-state index in [9.17, 15) is 4.79 Å². The van der Waals surface area contributed by atoms with E-state index >= 15 is 0 Å². The summed E-state index contributed by atoms with van der Waals surface area (Å²) in [6, 6.07) is 7.65. The first kappa shape index (κ1) is 17.5. The van der Waals surface area contributed by atoms with Crippen LogP contribution in [-0.4, -0.2) is 33.5 Å². The molecule has 2 aromatic rings. The van der Waals surface area contributed by atoms with Gasteiger partial charge in [-0.2, -0.15) is 0 Å². The van der Waals surface area contributed by atoms with E-state index in [2.05, 4.69) is 20.6 Å². The Morgan fingerprint density at radius 2 is 2.24 bits per heavy atom. The van der Waals surface area contributed by atoms with Crippen molar-refractivity contribution in [1.29, 1.82) is 0 Å². The number of rotatable bonds is 4. The van der Waals surface area contributed by atoms with Crippen molar-refractivity contribution in [3.63, 3.8) is 0 Å². The number of aromatic nitrogens is 2. The molecule has 0 bridgehead atoms. The van der Waals surface area contributed by atoms with Gasteiger partial charge in [-0.15, -0.1) is 0 Å². The molecule has 2 N–H and O–H groups in total. The molecule has 0 saturated heterocycles. The molecule has 1 aromatic carbocycles. The first-order valence-corrected chi connectivity index (χ1v) is 8.77. The molecule has 1 aromatic heterocycles. The minimum atomic E-state index is -0.0948. The smallest absolute Gasteiger partial charge is 0.318 e. The topological polar surface area (TPSA) is 70.2 Å². The summed E-state index contributed by atoms with van der Waals surface area (Å²) >= 11 is 5.97. The lowest BCUT2D eigenvalue weighted by atomic mass is 10.1. The lowest BCUT2D eigenvalue weighted by Gasteiger charge is -2.28. The van der Waals surface area contributed by atoms with Crippen LogP contribution in [0, 0.1) is 0 Å². The highest BCUT2D eigenvalue weighted by atomic mass is 35.5. The van der Waals surface area contributed by atoms with E-state index in [-0.39, 0.29) is 12.1 Å². The van der Waals surface area contributed by atoms with Crippen molar-refractivity contribution in [2.45, 2.75) is 39.4 Å². The summed E-state index contributed by atoms with van der Waals surface area (Å²) in [4.78, 5) is 23.1. The van der Waals surface area contributed by atoms with E-state index < -0.39 is 0 Å². The average Bonchev–Trinajstić information content (AvgIpc) is 2.58. The number of anilines is 1. The average molecular weight is 360 g/mol. The fourth-order valence-electron chi connectivity index (χ4n) is 2.74. The summed E-state index contributed by atoms with van der Waals surface area (Å²) in [6.45, 7) is 5.68. The van der Waals surface area contributed by atoms with Crippen LogP contribution in [0.3, 0.4) is 0 Å². The molecule has 0 fully saturated rings. The van der Waals surface area contributed by atoms with Crippen LogP contribution in [0.5, 0.6) is 0 Å². The number of halogens is 1. The maximum atomic E-state index is 12.5. The molecular weight excluding hydrogens is 338 g/mol. The molecule has 132 valence electrons. The molecule has 2 amide bonds. The molecule has 1 aliphatic rings. The van der Waals surface area contributed by atoms with Gasteiger partial charge in [0.15, 0.2) is 0 Å². The molecular formula is C18H22ClN5O. The minimum absolute atomic E-state index is 0.0948. The van der Waals surface area contributed by atoms with Gasteiger partial charge in [0, 0.05) is 30.4 Å². The molecule has 25 heavy (non-hydrogen) atoms. The molecule has 3 rings (SSSR count). The second-order valence-corrected chi connectivity index (χ2v) is 6.86. The molecule has 2 heterocycles. The lowest BCUT2D eigenvalue weighted by molar-refractivity contribution is 0.191. The third kappa shape index (κ3) is 4.60. The van der Waals surface area contributed by atoms with Crippen molar-refractivity contribution in [1.82, 2.24) is 20.2 Å². The fourth-order valence-corrected chi connectivity index (χ4v) is 2.95. The Morgan fingerprint density at radius 3 is 3.00 bits per heavy atom. The zero-order valence-electron chi connectivity index (χ0n) is 14.4. The largest absolute Gasteiger partial charge is 0.352 e. The quantitative estimate of drug-likeness (QED) is 0.879. The summed E-state index contributed by atoms with van der Waals surface area (Å²) < 4.78 is 0. The number of amides is 2. The van der Waals surface area contributed by atoms with Crippen LogP contribution < -0.4 is 10.6 Å². The Hall–Kier alpha value is -2.34. The lowest BCUT2D eigenvalue weighted by Crippen LogP contribution is -2.42. The Bertz CT molecular complexity index is 765. The van der Waals surface area contributed by atoms with Crippen molar-refractivity contribution in [3.05, 3.63) is 52.3 Å². The Balaban J connectivity index is 1.62.